The van der Waals surface area contributed by atoms with Gasteiger partial charge in [-0.2, -0.15) is 0 Å². The van der Waals surface area contributed by atoms with Crippen molar-refractivity contribution in [2.45, 2.75) is 51.1 Å². The van der Waals surface area contributed by atoms with Crippen LogP contribution in [0.5, 0.6) is 0 Å². The van der Waals surface area contributed by atoms with Crippen molar-refractivity contribution in [3.8, 4) is 0 Å². The van der Waals surface area contributed by atoms with Gasteiger partial charge < -0.3 is 16.4 Å². The van der Waals surface area contributed by atoms with E-state index in [0.29, 0.717) is 0 Å². The van der Waals surface area contributed by atoms with Gasteiger partial charge in [0.15, 0.2) is 0 Å². The van der Waals surface area contributed by atoms with Crippen molar-refractivity contribution in [1.29, 1.82) is 0 Å². The number of nitrogens with two attached hydrogens (primary N) is 1. The van der Waals surface area contributed by atoms with Gasteiger partial charge in [-0.25, -0.2) is 4.79 Å². The number of rotatable bonds is 5. The van der Waals surface area contributed by atoms with Crippen molar-refractivity contribution in [2.24, 2.45) is 11.7 Å². The molecule has 1 aliphatic rings. The smallest absolute Gasteiger partial charge is 0.312 e. The number of hydrogen-bond donors (Lipinski definition) is 3. The zero-order valence-electron chi connectivity index (χ0n) is 12.3. The first kappa shape index (κ1) is 15.8. The van der Waals surface area contributed by atoms with Gasteiger partial charge in [-0.05, 0) is 43.0 Å². The lowest BCUT2D eigenvalue weighted by Crippen LogP contribution is -2.40. The van der Waals surface area contributed by atoms with E-state index in [2.05, 4.69) is 17.6 Å². The molecule has 1 heterocycles. The van der Waals surface area contributed by atoms with Crippen molar-refractivity contribution < 1.29 is 9.59 Å². The summed E-state index contributed by atoms with van der Waals surface area (Å²) in [4.78, 5) is 24.2. The molecule has 1 unspecified atom stereocenters. The summed E-state index contributed by atoms with van der Waals surface area (Å²) < 4.78 is 0. The van der Waals surface area contributed by atoms with E-state index in [-0.39, 0.29) is 24.4 Å². The first-order valence-electron chi connectivity index (χ1n) is 7.43. The van der Waals surface area contributed by atoms with Crippen LogP contribution in [-0.2, 0) is 4.79 Å². The third kappa shape index (κ3) is 5.04. The summed E-state index contributed by atoms with van der Waals surface area (Å²) in [5.41, 5.74) is 5.20. The highest BCUT2D eigenvalue weighted by Gasteiger charge is 2.23. The molecule has 116 valence electrons. The third-order valence-electron chi connectivity index (χ3n) is 3.97. The van der Waals surface area contributed by atoms with Gasteiger partial charge in [-0.1, -0.05) is 13.0 Å². The minimum absolute atomic E-state index is 0.0262. The molecule has 0 aromatic carbocycles. The van der Waals surface area contributed by atoms with E-state index in [4.69, 9.17) is 5.73 Å². The highest BCUT2D eigenvalue weighted by molar-refractivity contribution is 7.10. The highest BCUT2D eigenvalue weighted by atomic mass is 32.1. The Bertz CT molecular complexity index is 467. The molecule has 1 aliphatic carbocycles. The Balaban J connectivity index is 1.87. The Hall–Kier alpha value is -1.56. The van der Waals surface area contributed by atoms with E-state index in [9.17, 15) is 9.59 Å². The molecule has 6 heteroatoms. The van der Waals surface area contributed by atoms with Crippen molar-refractivity contribution in [1.82, 2.24) is 10.6 Å². The Morgan fingerprint density at radius 2 is 2.10 bits per heavy atom. The molecule has 2 rings (SSSR count). The standard InChI is InChI=1S/C15H23N3O2S/c1-10-4-6-11(7-5-10)17-14(19)9-12(18-15(16)20)13-3-2-8-21-13/h2-3,8,10-12H,4-7,9H2,1H3,(H,17,19)(H3,16,18,20). The van der Waals surface area contributed by atoms with Gasteiger partial charge in [0.25, 0.3) is 0 Å². The fourth-order valence-electron chi connectivity index (χ4n) is 2.76. The van der Waals surface area contributed by atoms with E-state index in [1.807, 2.05) is 17.5 Å². The third-order valence-corrected chi connectivity index (χ3v) is 4.96. The van der Waals surface area contributed by atoms with E-state index >= 15 is 0 Å². The summed E-state index contributed by atoms with van der Waals surface area (Å²) >= 11 is 1.51. The number of carbonyl (C=O) groups is 2. The molecule has 21 heavy (non-hydrogen) atoms. The first-order chi connectivity index (χ1) is 10.0. The van der Waals surface area contributed by atoms with Gasteiger partial charge in [0.2, 0.25) is 5.91 Å². The van der Waals surface area contributed by atoms with Crippen LogP contribution in [0, 0.1) is 5.92 Å². The zero-order chi connectivity index (χ0) is 15.2. The predicted molar refractivity (Wildman–Crippen MR) is 84.0 cm³/mol. The lowest BCUT2D eigenvalue weighted by atomic mass is 9.87. The van der Waals surface area contributed by atoms with Crippen molar-refractivity contribution in [3.05, 3.63) is 22.4 Å². The number of urea groups is 1. The van der Waals surface area contributed by atoms with Crippen molar-refractivity contribution in [3.63, 3.8) is 0 Å². The van der Waals surface area contributed by atoms with Crippen LogP contribution < -0.4 is 16.4 Å². The monoisotopic (exact) mass is 309 g/mol. The molecule has 0 aliphatic heterocycles. The lowest BCUT2D eigenvalue weighted by molar-refractivity contribution is -0.122. The summed E-state index contributed by atoms with van der Waals surface area (Å²) in [7, 11) is 0. The molecular formula is C15H23N3O2S. The van der Waals surface area contributed by atoms with Gasteiger partial charge in [-0.15, -0.1) is 11.3 Å². The Kier molecular flexibility index (Phi) is 5.61. The molecule has 3 amide bonds. The maximum absolute atomic E-state index is 12.2. The molecule has 0 spiro atoms. The predicted octanol–water partition coefficient (Wildman–Crippen LogP) is 2.54. The van der Waals surface area contributed by atoms with Crippen LogP contribution in [0.15, 0.2) is 17.5 Å². The van der Waals surface area contributed by atoms with Crippen LogP contribution in [0.2, 0.25) is 0 Å². The zero-order valence-corrected chi connectivity index (χ0v) is 13.1. The largest absolute Gasteiger partial charge is 0.353 e. The second-order valence-electron chi connectivity index (χ2n) is 5.81. The highest BCUT2D eigenvalue weighted by Crippen LogP contribution is 2.25. The molecule has 1 aromatic heterocycles. The summed E-state index contributed by atoms with van der Waals surface area (Å²) in [6.07, 6.45) is 4.65. The topological polar surface area (TPSA) is 84.2 Å². The van der Waals surface area contributed by atoms with E-state index in [1.165, 1.54) is 24.2 Å². The van der Waals surface area contributed by atoms with Crippen LogP contribution in [-0.4, -0.2) is 18.0 Å². The van der Waals surface area contributed by atoms with Gasteiger partial charge in [-0.3, -0.25) is 4.79 Å². The van der Waals surface area contributed by atoms with Gasteiger partial charge >= 0.3 is 6.03 Å². The Morgan fingerprint density at radius 3 is 2.67 bits per heavy atom. The number of nitrogens with one attached hydrogen (secondary N) is 2. The van der Waals surface area contributed by atoms with Crippen molar-refractivity contribution in [2.75, 3.05) is 0 Å². The number of primary amides is 1. The van der Waals surface area contributed by atoms with Gasteiger partial charge in [0, 0.05) is 10.9 Å². The fourth-order valence-corrected chi connectivity index (χ4v) is 3.54. The van der Waals surface area contributed by atoms with Crippen LogP contribution in [0.4, 0.5) is 4.79 Å². The average molecular weight is 309 g/mol. The number of carbonyl (C=O) groups excluding carboxylic acids is 2. The minimum atomic E-state index is -0.604. The molecule has 0 bridgehead atoms. The molecule has 5 nitrogen and oxygen atoms in total. The van der Waals surface area contributed by atoms with Gasteiger partial charge in [0.1, 0.15) is 0 Å². The quantitative estimate of drug-likeness (QED) is 0.781. The van der Waals surface area contributed by atoms with E-state index in [1.54, 1.807) is 0 Å². The number of hydrogen-bond acceptors (Lipinski definition) is 3. The van der Waals surface area contributed by atoms with Crippen LogP contribution in [0.1, 0.15) is 49.9 Å². The van der Waals surface area contributed by atoms with Gasteiger partial charge in [0.05, 0.1) is 12.5 Å². The molecule has 4 N–H and O–H groups in total. The van der Waals surface area contributed by atoms with E-state index < -0.39 is 6.03 Å². The lowest BCUT2D eigenvalue weighted by Gasteiger charge is -2.27. The molecular weight excluding hydrogens is 286 g/mol. The molecule has 1 fully saturated rings. The van der Waals surface area contributed by atoms with Crippen molar-refractivity contribution >= 4 is 23.3 Å². The summed E-state index contributed by atoms with van der Waals surface area (Å²) in [6, 6.07) is 3.13. The number of thiophene rings is 1. The minimum Gasteiger partial charge on any atom is -0.353 e. The second-order valence-corrected chi connectivity index (χ2v) is 6.78. The van der Waals surface area contributed by atoms with Crippen LogP contribution >= 0.6 is 11.3 Å². The summed E-state index contributed by atoms with van der Waals surface area (Å²) in [5, 5.41) is 7.65. The SMILES string of the molecule is CC1CCC(NC(=O)CC(NC(N)=O)c2cccs2)CC1. The molecule has 1 aromatic rings. The molecule has 1 saturated carbocycles. The van der Waals surface area contributed by atoms with Crippen LogP contribution in [0.25, 0.3) is 0 Å². The molecule has 0 radical (unpaired) electrons. The maximum atomic E-state index is 12.2. The summed E-state index contributed by atoms with van der Waals surface area (Å²) in [6.45, 7) is 2.25. The molecule has 1 atom stereocenters. The van der Waals surface area contributed by atoms with E-state index in [0.717, 1.165) is 23.6 Å². The first-order valence-corrected chi connectivity index (χ1v) is 8.31. The van der Waals surface area contributed by atoms with Crippen LogP contribution in [0.3, 0.4) is 0 Å². The average Bonchev–Trinajstić information content (AvgIpc) is 2.94. The Labute approximate surface area is 129 Å². The normalized spacial score (nSPS) is 23.3. The Morgan fingerprint density at radius 1 is 1.38 bits per heavy atom. The maximum Gasteiger partial charge on any atom is 0.312 e. The summed E-state index contributed by atoms with van der Waals surface area (Å²) in [5.74, 6) is 0.732. The number of amides is 3. The second kappa shape index (κ2) is 7.45. The molecule has 0 saturated heterocycles. The fraction of sp³-hybridized carbons (Fsp3) is 0.600.